The molecule has 0 aliphatic carbocycles. The lowest BCUT2D eigenvalue weighted by Gasteiger charge is -2.22. The van der Waals surface area contributed by atoms with Crippen LogP contribution in [0.4, 0.5) is 5.69 Å². The lowest BCUT2D eigenvalue weighted by molar-refractivity contribution is 0.378. The third kappa shape index (κ3) is 2.57. The molecule has 0 fully saturated rings. The van der Waals surface area contributed by atoms with Gasteiger partial charge >= 0.3 is 0 Å². The Morgan fingerprint density at radius 2 is 1.79 bits per heavy atom. The maximum Gasteiger partial charge on any atom is 0.139 e. The molecule has 0 bridgehead atoms. The van der Waals surface area contributed by atoms with Gasteiger partial charge in [0.1, 0.15) is 17.3 Å². The third-order valence-corrected chi connectivity index (χ3v) is 3.68. The molecule has 19 heavy (non-hydrogen) atoms. The van der Waals surface area contributed by atoms with Crippen LogP contribution in [0.25, 0.3) is 0 Å². The summed E-state index contributed by atoms with van der Waals surface area (Å²) in [4.78, 5) is 2.86. The zero-order valence-corrected chi connectivity index (χ0v) is 11.7. The standard InChI is InChI=1S/C15H12ClNOS/c16-12-5-7-13(8-6-12)17-9-11-3-1-2-4-14(11)18-10-15(17)19/h1-8H,9-10H2. The number of anilines is 1. The van der Waals surface area contributed by atoms with Gasteiger partial charge in [-0.2, -0.15) is 0 Å². The van der Waals surface area contributed by atoms with Crippen LogP contribution >= 0.6 is 23.8 Å². The van der Waals surface area contributed by atoms with Gasteiger partial charge < -0.3 is 9.64 Å². The number of fused-ring (bicyclic) bond motifs is 1. The van der Waals surface area contributed by atoms with E-state index in [-0.39, 0.29) is 0 Å². The summed E-state index contributed by atoms with van der Waals surface area (Å²) in [5.74, 6) is 0.904. The largest absolute Gasteiger partial charge is 0.486 e. The molecule has 1 heterocycles. The highest BCUT2D eigenvalue weighted by Gasteiger charge is 2.19. The van der Waals surface area contributed by atoms with Gasteiger partial charge in [0, 0.05) is 16.3 Å². The average molecular weight is 290 g/mol. The van der Waals surface area contributed by atoms with Gasteiger partial charge in [0.25, 0.3) is 0 Å². The smallest absolute Gasteiger partial charge is 0.139 e. The van der Waals surface area contributed by atoms with E-state index in [0.717, 1.165) is 33.6 Å². The molecule has 0 aromatic heterocycles. The van der Waals surface area contributed by atoms with Crippen LogP contribution in [-0.2, 0) is 6.54 Å². The SMILES string of the molecule is S=C1COc2ccccc2CN1c1ccc(Cl)cc1. The second-order valence-electron chi connectivity index (χ2n) is 4.35. The number of hydrogen-bond acceptors (Lipinski definition) is 2. The minimum atomic E-state index is 0.426. The monoisotopic (exact) mass is 289 g/mol. The minimum absolute atomic E-state index is 0.426. The third-order valence-electron chi connectivity index (χ3n) is 3.09. The van der Waals surface area contributed by atoms with Crippen LogP contribution in [0.2, 0.25) is 5.02 Å². The highest BCUT2D eigenvalue weighted by molar-refractivity contribution is 7.80. The van der Waals surface area contributed by atoms with Crippen molar-refractivity contribution in [2.45, 2.75) is 6.54 Å². The molecule has 3 rings (SSSR count). The molecule has 96 valence electrons. The normalized spacial score (nSPS) is 14.6. The van der Waals surface area contributed by atoms with Crippen LogP contribution in [-0.4, -0.2) is 11.6 Å². The van der Waals surface area contributed by atoms with E-state index in [1.165, 1.54) is 0 Å². The Bertz CT molecular complexity index is 612. The van der Waals surface area contributed by atoms with Crippen LogP contribution in [0.15, 0.2) is 48.5 Å². The topological polar surface area (TPSA) is 12.5 Å². The Hall–Kier alpha value is -1.58. The van der Waals surface area contributed by atoms with E-state index in [4.69, 9.17) is 28.6 Å². The summed E-state index contributed by atoms with van der Waals surface area (Å²) in [5.41, 5.74) is 2.17. The molecule has 2 aromatic rings. The molecule has 0 saturated carbocycles. The molecule has 0 unspecified atom stereocenters. The zero-order valence-electron chi connectivity index (χ0n) is 10.2. The Morgan fingerprint density at radius 3 is 2.58 bits per heavy atom. The lowest BCUT2D eigenvalue weighted by atomic mass is 10.2. The van der Waals surface area contributed by atoms with Crippen molar-refractivity contribution in [2.75, 3.05) is 11.5 Å². The first-order chi connectivity index (χ1) is 9.24. The molecule has 0 saturated heterocycles. The van der Waals surface area contributed by atoms with E-state index in [1.54, 1.807) is 0 Å². The van der Waals surface area contributed by atoms with Crippen molar-refractivity contribution in [1.29, 1.82) is 0 Å². The summed E-state index contributed by atoms with van der Waals surface area (Å²) < 4.78 is 5.73. The van der Waals surface area contributed by atoms with Crippen LogP contribution in [0.1, 0.15) is 5.56 Å². The molecular formula is C15H12ClNOS. The average Bonchev–Trinajstić information content (AvgIpc) is 2.60. The van der Waals surface area contributed by atoms with Gasteiger partial charge in [-0.3, -0.25) is 0 Å². The number of para-hydroxylation sites is 1. The van der Waals surface area contributed by atoms with Crippen molar-refractivity contribution in [2.24, 2.45) is 0 Å². The number of benzene rings is 2. The number of hydrogen-bond donors (Lipinski definition) is 0. The number of ether oxygens (including phenoxy) is 1. The maximum atomic E-state index is 5.92. The molecule has 0 N–H and O–H groups in total. The number of halogens is 1. The highest BCUT2D eigenvalue weighted by Crippen LogP contribution is 2.27. The summed E-state index contributed by atoms with van der Waals surface area (Å²) >= 11 is 11.4. The molecular weight excluding hydrogens is 278 g/mol. The second kappa shape index (κ2) is 5.19. The molecule has 1 aliphatic rings. The number of nitrogens with zero attached hydrogens (tertiary/aromatic N) is 1. The fourth-order valence-corrected chi connectivity index (χ4v) is 2.46. The van der Waals surface area contributed by atoms with Gasteiger partial charge in [0.05, 0.1) is 6.54 Å². The van der Waals surface area contributed by atoms with E-state index in [2.05, 4.69) is 11.0 Å². The summed E-state index contributed by atoms with van der Waals surface area (Å²) in [6, 6.07) is 15.7. The second-order valence-corrected chi connectivity index (χ2v) is 5.26. The summed E-state index contributed by atoms with van der Waals surface area (Å²) in [7, 11) is 0. The Morgan fingerprint density at radius 1 is 1.05 bits per heavy atom. The van der Waals surface area contributed by atoms with E-state index < -0.39 is 0 Å². The first-order valence-corrected chi connectivity index (χ1v) is 6.79. The van der Waals surface area contributed by atoms with Crippen LogP contribution in [0, 0.1) is 0 Å². The molecule has 2 nitrogen and oxygen atoms in total. The van der Waals surface area contributed by atoms with Crippen molar-refractivity contribution in [1.82, 2.24) is 0 Å². The first kappa shape index (κ1) is 12.5. The van der Waals surface area contributed by atoms with Crippen molar-refractivity contribution in [3.63, 3.8) is 0 Å². The number of rotatable bonds is 1. The zero-order chi connectivity index (χ0) is 13.2. The molecule has 1 aliphatic heterocycles. The number of thiocarbonyl (C=S) groups is 1. The van der Waals surface area contributed by atoms with E-state index in [9.17, 15) is 0 Å². The minimum Gasteiger partial charge on any atom is -0.486 e. The molecule has 0 radical (unpaired) electrons. The molecule has 0 atom stereocenters. The van der Waals surface area contributed by atoms with Gasteiger partial charge in [-0.15, -0.1) is 0 Å². The Labute approximate surface area is 122 Å². The van der Waals surface area contributed by atoms with Crippen molar-refractivity contribution in [3.05, 3.63) is 59.1 Å². The van der Waals surface area contributed by atoms with Gasteiger partial charge in [-0.1, -0.05) is 42.0 Å². The van der Waals surface area contributed by atoms with Crippen molar-refractivity contribution >= 4 is 34.5 Å². The molecule has 0 spiro atoms. The Kier molecular flexibility index (Phi) is 3.40. The quantitative estimate of drug-likeness (QED) is 0.735. The first-order valence-electron chi connectivity index (χ1n) is 6.01. The predicted octanol–water partition coefficient (Wildman–Crippen LogP) is 4.07. The predicted molar refractivity (Wildman–Crippen MR) is 82.2 cm³/mol. The van der Waals surface area contributed by atoms with Gasteiger partial charge in [0.15, 0.2) is 0 Å². The van der Waals surface area contributed by atoms with Gasteiger partial charge in [-0.25, -0.2) is 0 Å². The Balaban J connectivity index is 1.97. The fraction of sp³-hybridized carbons (Fsp3) is 0.133. The molecule has 0 amide bonds. The van der Waals surface area contributed by atoms with Crippen LogP contribution < -0.4 is 9.64 Å². The molecule has 4 heteroatoms. The van der Waals surface area contributed by atoms with Crippen molar-refractivity contribution < 1.29 is 4.74 Å². The summed E-state index contributed by atoms with van der Waals surface area (Å²) in [5, 5.41) is 0.723. The van der Waals surface area contributed by atoms with E-state index in [0.29, 0.717) is 6.61 Å². The van der Waals surface area contributed by atoms with Gasteiger partial charge in [-0.05, 0) is 30.3 Å². The van der Waals surface area contributed by atoms with Crippen LogP contribution in [0.5, 0.6) is 5.75 Å². The lowest BCUT2D eigenvalue weighted by Crippen LogP contribution is -2.30. The van der Waals surface area contributed by atoms with E-state index in [1.807, 2.05) is 42.5 Å². The summed E-state index contributed by atoms with van der Waals surface area (Å²) in [6.07, 6.45) is 0. The maximum absolute atomic E-state index is 5.92. The van der Waals surface area contributed by atoms with E-state index >= 15 is 0 Å². The highest BCUT2D eigenvalue weighted by atomic mass is 35.5. The fourth-order valence-electron chi connectivity index (χ4n) is 2.11. The molecule has 2 aromatic carbocycles. The van der Waals surface area contributed by atoms with Gasteiger partial charge in [0.2, 0.25) is 0 Å². The summed E-state index contributed by atoms with van der Waals surface area (Å²) in [6.45, 7) is 1.14. The van der Waals surface area contributed by atoms with Crippen LogP contribution in [0.3, 0.4) is 0 Å². The van der Waals surface area contributed by atoms with Crippen molar-refractivity contribution in [3.8, 4) is 5.75 Å².